The highest BCUT2D eigenvalue weighted by Crippen LogP contribution is 2.36. The zero-order chi connectivity index (χ0) is 22.4. The van der Waals surface area contributed by atoms with Crippen molar-refractivity contribution < 1.29 is 9.47 Å². The summed E-state index contributed by atoms with van der Waals surface area (Å²) in [5.74, 6) is 1.41. The Morgan fingerprint density at radius 1 is 1.06 bits per heavy atom. The maximum absolute atomic E-state index is 12.3. The molecule has 1 aliphatic carbocycles. The third-order valence-corrected chi connectivity index (χ3v) is 7.01. The number of ether oxygens (including phenoxy) is 2. The molecule has 9 heteroatoms. The van der Waals surface area contributed by atoms with Crippen molar-refractivity contribution in [1.29, 1.82) is 0 Å². The predicted molar refractivity (Wildman–Crippen MR) is 125 cm³/mol. The van der Waals surface area contributed by atoms with Gasteiger partial charge in [0.1, 0.15) is 11.3 Å². The lowest BCUT2D eigenvalue weighted by molar-refractivity contribution is -0.133. The Labute approximate surface area is 191 Å². The van der Waals surface area contributed by atoms with Crippen LogP contribution in [0.1, 0.15) is 32.1 Å². The second-order valence-electron chi connectivity index (χ2n) is 9.30. The minimum atomic E-state index is -0.136. The minimum Gasteiger partial charge on any atom is -0.488 e. The molecular weight excluding hydrogens is 420 g/mol. The first-order chi connectivity index (χ1) is 16.1. The van der Waals surface area contributed by atoms with Crippen molar-refractivity contribution >= 4 is 22.7 Å². The number of aryl methyl sites for hydroxylation is 1. The summed E-state index contributed by atoms with van der Waals surface area (Å²) in [6, 6.07) is 6.29. The summed E-state index contributed by atoms with van der Waals surface area (Å²) in [4.78, 5) is 27.7. The number of nitrogens with zero attached hydrogens (tertiary/aromatic N) is 5. The molecule has 172 valence electrons. The van der Waals surface area contributed by atoms with Crippen molar-refractivity contribution in [2.75, 3.05) is 23.3 Å². The first-order valence-corrected chi connectivity index (χ1v) is 11.7. The van der Waals surface area contributed by atoms with Gasteiger partial charge in [0, 0.05) is 56.7 Å². The molecule has 0 spiro atoms. The monoisotopic (exact) mass is 448 g/mol. The molecule has 3 aromatic rings. The van der Waals surface area contributed by atoms with Gasteiger partial charge in [0.05, 0.1) is 30.0 Å². The number of morpholine rings is 1. The van der Waals surface area contributed by atoms with E-state index in [9.17, 15) is 4.79 Å². The Bertz CT molecular complexity index is 1190. The lowest BCUT2D eigenvalue weighted by Crippen LogP contribution is -2.57. The summed E-state index contributed by atoms with van der Waals surface area (Å²) < 4.78 is 14.0. The van der Waals surface area contributed by atoms with E-state index in [1.54, 1.807) is 24.0 Å². The number of nitrogens with one attached hydrogen (secondary N) is 1. The number of benzene rings is 1. The lowest BCUT2D eigenvalue weighted by atomic mass is 9.93. The van der Waals surface area contributed by atoms with Gasteiger partial charge in [-0.1, -0.05) is 0 Å². The third kappa shape index (κ3) is 4.01. The van der Waals surface area contributed by atoms with Gasteiger partial charge < -0.3 is 24.3 Å². The van der Waals surface area contributed by atoms with Crippen molar-refractivity contribution in [1.82, 2.24) is 19.5 Å². The Kier molecular flexibility index (Phi) is 5.13. The van der Waals surface area contributed by atoms with Crippen LogP contribution in [0.5, 0.6) is 5.75 Å². The molecule has 7 rings (SSSR count). The van der Waals surface area contributed by atoms with Gasteiger partial charge in [-0.3, -0.25) is 4.79 Å². The van der Waals surface area contributed by atoms with Crippen molar-refractivity contribution in [3.05, 3.63) is 47.1 Å². The number of hydrogen-bond acceptors (Lipinski definition) is 8. The van der Waals surface area contributed by atoms with Crippen molar-refractivity contribution in [2.24, 2.45) is 7.05 Å². The molecule has 4 aliphatic rings. The van der Waals surface area contributed by atoms with E-state index >= 15 is 0 Å². The number of hydrogen-bond donors (Lipinski definition) is 1. The van der Waals surface area contributed by atoms with Crippen LogP contribution < -0.4 is 20.5 Å². The van der Waals surface area contributed by atoms with E-state index in [0.717, 1.165) is 67.7 Å². The largest absolute Gasteiger partial charge is 0.488 e. The van der Waals surface area contributed by atoms with Crippen LogP contribution >= 0.6 is 0 Å². The predicted octanol–water partition coefficient (Wildman–Crippen LogP) is 2.50. The Morgan fingerprint density at radius 2 is 1.79 bits per heavy atom. The van der Waals surface area contributed by atoms with Gasteiger partial charge in [0.2, 0.25) is 5.95 Å². The highest BCUT2D eigenvalue weighted by Gasteiger charge is 2.38. The van der Waals surface area contributed by atoms with E-state index in [0.29, 0.717) is 24.2 Å². The first-order valence-electron chi connectivity index (χ1n) is 11.7. The summed E-state index contributed by atoms with van der Waals surface area (Å²) >= 11 is 0. The molecule has 0 amide bonds. The van der Waals surface area contributed by atoms with E-state index in [2.05, 4.69) is 37.3 Å². The lowest BCUT2D eigenvalue weighted by Gasteiger charge is -2.48. The molecule has 3 aliphatic heterocycles. The van der Waals surface area contributed by atoms with Crippen molar-refractivity contribution in [3.63, 3.8) is 0 Å². The van der Waals surface area contributed by atoms with Crippen LogP contribution in [0.3, 0.4) is 0 Å². The van der Waals surface area contributed by atoms with Gasteiger partial charge in [0.25, 0.3) is 5.56 Å². The molecule has 4 fully saturated rings. The Morgan fingerprint density at radius 3 is 2.52 bits per heavy atom. The van der Waals surface area contributed by atoms with Gasteiger partial charge >= 0.3 is 0 Å². The number of fused-ring (bicyclic) bond motifs is 3. The number of aromatic nitrogens is 4. The normalized spacial score (nSPS) is 26.6. The smallest absolute Gasteiger partial charge is 0.269 e. The van der Waals surface area contributed by atoms with Crippen LogP contribution in [-0.2, 0) is 11.8 Å². The Balaban J connectivity index is 1.23. The van der Waals surface area contributed by atoms with Gasteiger partial charge in [-0.05, 0) is 37.8 Å². The standard InChI is InChI=1S/C24H28N6O3/c1-29-22(31)12-27-20-9-16(30-13-18-11-19(14-30)32-18)10-21(23(20)29)33-17-5-3-15(4-6-17)28-24-25-7-2-8-26-24/h2,7-10,12,15,17-19H,3-6,11,13-14H2,1H3,(H,25,26,28)/t15-,17+,18?,19?. The maximum Gasteiger partial charge on any atom is 0.269 e. The number of rotatable bonds is 5. The average molecular weight is 449 g/mol. The van der Waals surface area contributed by atoms with Crippen LogP contribution in [0.2, 0.25) is 0 Å². The zero-order valence-corrected chi connectivity index (χ0v) is 18.7. The van der Waals surface area contributed by atoms with E-state index in [1.807, 2.05) is 6.07 Å². The summed E-state index contributed by atoms with van der Waals surface area (Å²) in [5, 5.41) is 3.42. The highest BCUT2D eigenvalue weighted by atomic mass is 16.5. The van der Waals surface area contributed by atoms with E-state index in [-0.39, 0.29) is 11.7 Å². The molecule has 2 unspecified atom stereocenters. The summed E-state index contributed by atoms with van der Waals surface area (Å²) in [5.41, 5.74) is 2.48. The molecule has 9 nitrogen and oxygen atoms in total. The molecule has 2 atom stereocenters. The van der Waals surface area contributed by atoms with E-state index in [4.69, 9.17) is 9.47 Å². The topological polar surface area (TPSA) is 94.4 Å². The van der Waals surface area contributed by atoms with Crippen molar-refractivity contribution in [2.45, 2.75) is 56.5 Å². The maximum atomic E-state index is 12.3. The first kappa shape index (κ1) is 20.4. The van der Waals surface area contributed by atoms with Gasteiger partial charge in [-0.15, -0.1) is 0 Å². The molecule has 1 N–H and O–H groups in total. The molecule has 5 heterocycles. The average Bonchev–Trinajstić information content (AvgIpc) is 2.83. The van der Waals surface area contributed by atoms with E-state index in [1.165, 1.54) is 6.20 Å². The van der Waals surface area contributed by atoms with Crippen LogP contribution in [0, 0.1) is 0 Å². The summed E-state index contributed by atoms with van der Waals surface area (Å²) in [6.07, 6.45) is 10.5. The van der Waals surface area contributed by atoms with Crippen molar-refractivity contribution in [3.8, 4) is 5.75 Å². The second kappa shape index (κ2) is 8.30. The number of anilines is 2. The third-order valence-electron chi connectivity index (χ3n) is 7.01. The molecule has 33 heavy (non-hydrogen) atoms. The minimum absolute atomic E-state index is 0.0894. The fourth-order valence-corrected chi connectivity index (χ4v) is 5.24. The summed E-state index contributed by atoms with van der Waals surface area (Å²) in [7, 11) is 1.78. The van der Waals surface area contributed by atoms with E-state index < -0.39 is 0 Å². The fraction of sp³-hybridized carbons (Fsp3) is 0.500. The Hall–Kier alpha value is -3.20. The zero-order valence-electron chi connectivity index (χ0n) is 18.7. The van der Waals surface area contributed by atoms with Gasteiger partial charge in [0.15, 0.2) is 0 Å². The van der Waals surface area contributed by atoms with Crippen LogP contribution in [0.15, 0.2) is 41.6 Å². The fourth-order valence-electron chi connectivity index (χ4n) is 5.24. The molecule has 1 aromatic carbocycles. The quantitative estimate of drug-likeness (QED) is 0.636. The van der Waals surface area contributed by atoms with Crippen LogP contribution in [0.25, 0.3) is 11.0 Å². The highest BCUT2D eigenvalue weighted by molar-refractivity contribution is 5.86. The molecule has 2 bridgehead atoms. The molecule has 0 radical (unpaired) electrons. The van der Waals surface area contributed by atoms with Crippen LogP contribution in [-0.4, -0.2) is 57.0 Å². The molecule has 1 saturated carbocycles. The van der Waals surface area contributed by atoms with Gasteiger partial charge in [-0.2, -0.15) is 0 Å². The number of piperidine rings is 1. The van der Waals surface area contributed by atoms with Crippen LogP contribution in [0.4, 0.5) is 11.6 Å². The molecular formula is C24H28N6O3. The SMILES string of the molecule is Cn1c(=O)cnc2cc(N3CC4CC(C3)O4)cc(O[C@H]3CC[C@@H](Nc4ncccn4)CC3)c21. The van der Waals surface area contributed by atoms with Gasteiger partial charge in [-0.25, -0.2) is 15.0 Å². The second-order valence-corrected chi connectivity index (χ2v) is 9.30. The molecule has 3 saturated heterocycles. The summed E-state index contributed by atoms with van der Waals surface area (Å²) in [6.45, 7) is 1.76. The molecule has 2 aromatic heterocycles.